The van der Waals surface area contributed by atoms with E-state index in [9.17, 15) is 4.79 Å². The molecule has 0 aliphatic heterocycles. The molecule has 1 amide bonds. The minimum Gasteiger partial charge on any atom is -0.496 e. The third-order valence-electron chi connectivity index (χ3n) is 1.51. The molecule has 1 rings (SSSR count). The predicted octanol–water partition coefficient (Wildman–Crippen LogP) is 2.32. The van der Waals surface area contributed by atoms with Crippen LogP contribution in [0.1, 0.15) is 10.4 Å². The van der Waals surface area contributed by atoms with Gasteiger partial charge in [0.2, 0.25) is 0 Å². The predicted molar refractivity (Wildman–Crippen MR) is 56.9 cm³/mol. The first-order valence-electron chi connectivity index (χ1n) is 3.39. The summed E-state index contributed by atoms with van der Waals surface area (Å²) in [4.78, 5) is 11.0. The van der Waals surface area contributed by atoms with Crippen LogP contribution in [0.2, 0.25) is 0 Å². The highest BCUT2D eigenvalue weighted by Gasteiger charge is 2.11. The average Bonchev–Trinajstić information content (AvgIpc) is 2.08. The molecule has 0 aliphatic carbocycles. The van der Waals surface area contributed by atoms with Crippen LogP contribution in [0.3, 0.4) is 0 Å². The molecule has 0 aromatic heterocycles. The van der Waals surface area contributed by atoms with E-state index in [1.807, 2.05) is 0 Å². The number of rotatable bonds is 2. The third-order valence-corrected chi connectivity index (χ3v) is 3.35. The normalized spacial score (nSPS) is 9.77. The number of ether oxygens (including phenoxy) is 1. The summed E-state index contributed by atoms with van der Waals surface area (Å²) in [5, 5.41) is 0. The second-order valence-corrected chi connectivity index (χ2v) is 4.04. The number of hydrogen-bond donors (Lipinski definition) is 1. The zero-order valence-electron chi connectivity index (χ0n) is 6.80. The van der Waals surface area contributed by atoms with Crippen molar-refractivity contribution in [3.63, 3.8) is 0 Å². The van der Waals surface area contributed by atoms with E-state index in [4.69, 9.17) is 10.5 Å². The molecule has 0 unspecified atom stereocenters. The van der Waals surface area contributed by atoms with Crippen molar-refractivity contribution in [3.05, 3.63) is 26.6 Å². The van der Waals surface area contributed by atoms with Gasteiger partial charge in [0, 0.05) is 8.95 Å². The van der Waals surface area contributed by atoms with E-state index in [2.05, 4.69) is 31.9 Å². The summed E-state index contributed by atoms with van der Waals surface area (Å²) < 4.78 is 6.57. The van der Waals surface area contributed by atoms with Crippen molar-refractivity contribution in [1.29, 1.82) is 0 Å². The van der Waals surface area contributed by atoms with Gasteiger partial charge in [-0.15, -0.1) is 0 Å². The number of halogens is 2. The summed E-state index contributed by atoms with van der Waals surface area (Å²) in [6.45, 7) is 0. The lowest BCUT2D eigenvalue weighted by Gasteiger charge is -2.06. The standard InChI is InChI=1S/C8H7Br2NO2/c1-13-7-3-6(10)5(9)2-4(7)8(11)12/h2-3H,1H3,(H2,11,12). The first kappa shape index (κ1) is 10.5. The summed E-state index contributed by atoms with van der Waals surface area (Å²) in [5.41, 5.74) is 5.51. The van der Waals surface area contributed by atoms with E-state index < -0.39 is 5.91 Å². The van der Waals surface area contributed by atoms with Crippen LogP contribution in [0.5, 0.6) is 5.75 Å². The largest absolute Gasteiger partial charge is 0.496 e. The molecule has 3 nitrogen and oxygen atoms in total. The van der Waals surface area contributed by atoms with Gasteiger partial charge in [0.1, 0.15) is 5.75 Å². The molecule has 0 saturated carbocycles. The van der Waals surface area contributed by atoms with E-state index in [1.54, 1.807) is 12.1 Å². The molecule has 0 bridgehead atoms. The SMILES string of the molecule is COc1cc(Br)c(Br)cc1C(N)=O. The molecule has 0 heterocycles. The lowest BCUT2D eigenvalue weighted by Crippen LogP contribution is -2.12. The van der Waals surface area contributed by atoms with Crippen LogP contribution in [0.15, 0.2) is 21.1 Å². The summed E-state index contributed by atoms with van der Waals surface area (Å²) in [6, 6.07) is 3.30. The van der Waals surface area contributed by atoms with Crippen LogP contribution in [0.25, 0.3) is 0 Å². The van der Waals surface area contributed by atoms with Crippen LogP contribution in [-0.4, -0.2) is 13.0 Å². The van der Waals surface area contributed by atoms with Crippen LogP contribution >= 0.6 is 31.9 Å². The Labute approximate surface area is 92.5 Å². The first-order chi connectivity index (χ1) is 6.06. The van der Waals surface area contributed by atoms with E-state index in [0.29, 0.717) is 11.3 Å². The minimum absolute atomic E-state index is 0.359. The Hall–Kier alpha value is -0.550. The van der Waals surface area contributed by atoms with Gasteiger partial charge in [-0.2, -0.15) is 0 Å². The molecule has 5 heteroatoms. The van der Waals surface area contributed by atoms with E-state index >= 15 is 0 Å². The molecule has 0 fully saturated rings. The topological polar surface area (TPSA) is 52.3 Å². The smallest absolute Gasteiger partial charge is 0.252 e. The fourth-order valence-corrected chi connectivity index (χ4v) is 1.56. The van der Waals surface area contributed by atoms with Crippen LogP contribution < -0.4 is 10.5 Å². The zero-order chi connectivity index (χ0) is 10.0. The molecule has 0 aliphatic rings. The molecule has 1 aromatic rings. The fraction of sp³-hybridized carbons (Fsp3) is 0.125. The summed E-state index contributed by atoms with van der Waals surface area (Å²) in [5.74, 6) is -0.0485. The lowest BCUT2D eigenvalue weighted by molar-refractivity contribution is 0.0997. The van der Waals surface area contributed by atoms with E-state index in [1.165, 1.54) is 7.11 Å². The van der Waals surface area contributed by atoms with Crippen molar-refractivity contribution in [2.24, 2.45) is 5.73 Å². The Kier molecular flexibility index (Phi) is 3.33. The molecule has 0 saturated heterocycles. The maximum absolute atomic E-state index is 11.0. The second-order valence-electron chi connectivity index (χ2n) is 2.33. The van der Waals surface area contributed by atoms with Gasteiger partial charge in [-0.25, -0.2) is 0 Å². The van der Waals surface area contributed by atoms with Gasteiger partial charge < -0.3 is 10.5 Å². The second kappa shape index (κ2) is 4.11. The monoisotopic (exact) mass is 307 g/mol. The van der Waals surface area contributed by atoms with E-state index in [-0.39, 0.29) is 0 Å². The van der Waals surface area contributed by atoms with Crippen molar-refractivity contribution in [1.82, 2.24) is 0 Å². The Bertz CT molecular complexity index is 352. The van der Waals surface area contributed by atoms with Crippen LogP contribution in [-0.2, 0) is 0 Å². The Balaban J connectivity index is 3.33. The number of methoxy groups -OCH3 is 1. The summed E-state index contributed by atoms with van der Waals surface area (Å²) in [6.07, 6.45) is 0. The zero-order valence-corrected chi connectivity index (χ0v) is 9.98. The van der Waals surface area contributed by atoms with Crippen LogP contribution in [0.4, 0.5) is 0 Å². The van der Waals surface area contributed by atoms with Crippen LogP contribution in [0, 0.1) is 0 Å². The number of amides is 1. The van der Waals surface area contributed by atoms with Crippen molar-refractivity contribution >= 4 is 37.8 Å². The van der Waals surface area contributed by atoms with E-state index in [0.717, 1.165) is 8.95 Å². The van der Waals surface area contributed by atoms with Gasteiger partial charge >= 0.3 is 0 Å². The number of carbonyl (C=O) groups is 1. The number of hydrogen-bond acceptors (Lipinski definition) is 2. The van der Waals surface area contributed by atoms with Crippen molar-refractivity contribution < 1.29 is 9.53 Å². The molecule has 0 spiro atoms. The molecule has 2 N–H and O–H groups in total. The Morgan fingerprint density at radius 2 is 1.92 bits per heavy atom. The van der Waals surface area contributed by atoms with Crippen molar-refractivity contribution in [3.8, 4) is 5.75 Å². The highest BCUT2D eigenvalue weighted by molar-refractivity contribution is 9.13. The lowest BCUT2D eigenvalue weighted by atomic mass is 10.2. The molecular formula is C8H7Br2NO2. The Morgan fingerprint density at radius 1 is 1.38 bits per heavy atom. The summed E-state index contributed by atoms with van der Waals surface area (Å²) >= 11 is 6.56. The first-order valence-corrected chi connectivity index (χ1v) is 4.97. The number of benzene rings is 1. The molecule has 13 heavy (non-hydrogen) atoms. The maximum Gasteiger partial charge on any atom is 0.252 e. The average molecular weight is 309 g/mol. The molecule has 70 valence electrons. The number of primary amides is 1. The molecule has 1 aromatic carbocycles. The Morgan fingerprint density at radius 3 is 2.38 bits per heavy atom. The highest BCUT2D eigenvalue weighted by atomic mass is 79.9. The fourth-order valence-electron chi connectivity index (χ4n) is 0.890. The summed E-state index contributed by atoms with van der Waals surface area (Å²) in [7, 11) is 1.49. The van der Waals surface area contributed by atoms with Crippen molar-refractivity contribution in [2.75, 3.05) is 7.11 Å². The maximum atomic E-state index is 11.0. The third kappa shape index (κ3) is 2.22. The molecule has 0 radical (unpaired) electrons. The number of carbonyl (C=O) groups excluding carboxylic acids is 1. The number of nitrogens with two attached hydrogens (primary N) is 1. The molecule has 0 atom stereocenters. The van der Waals surface area contributed by atoms with Gasteiger partial charge in [0.25, 0.3) is 5.91 Å². The molecular weight excluding hydrogens is 302 g/mol. The quantitative estimate of drug-likeness (QED) is 0.911. The van der Waals surface area contributed by atoms with Gasteiger partial charge in [-0.05, 0) is 44.0 Å². The van der Waals surface area contributed by atoms with Gasteiger partial charge in [-0.1, -0.05) is 0 Å². The van der Waals surface area contributed by atoms with Gasteiger partial charge in [0.15, 0.2) is 0 Å². The van der Waals surface area contributed by atoms with Gasteiger partial charge in [0.05, 0.1) is 12.7 Å². The van der Waals surface area contributed by atoms with Crippen molar-refractivity contribution in [2.45, 2.75) is 0 Å². The minimum atomic E-state index is -0.509. The highest BCUT2D eigenvalue weighted by Crippen LogP contribution is 2.30. The van der Waals surface area contributed by atoms with Gasteiger partial charge in [-0.3, -0.25) is 4.79 Å².